The topological polar surface area (TPSA) is 105 Å². The molecular weight excluding hydrogens is 254 g/mol. The standard InChI is InChI=1S/C10H17N5O2S/c1-3-5-7-9(18-14-12-7)10(16)15(4-2)6-8(11)13-17/h17H,3-6H2,1-2H3,(H2,11,13). The first-order valence-electron chi connectivity index (χ1n) is 5.70. The number of likely N-dealkylation sites (N-methyl/N-ethyl adjacent to an activating group) is 1. The van der Waals surface area contributed by atoms with Gasteiger partial charge in [-0.25, -0.2) is 0 Å². The van der Waals surface area contributed by atoms with Crippen LogP contribution in [0.2, 0.25) is 0 Å². The molecule has 0 aliphatic rings. The molecule has 1 aromatic heterocycles. The first kappa shape index (κ1) is 14.4. The van der Waals surface area contributed by atoms with Crippen LogP contribution in [0, 0.1) is 0 Å². The van der Waals surface area contributed by atoms with Crippen molar-refractivity contribution in [3.8, 4) is 0 Å². The van der Waals surface area contributed by atoms with Gasteiger partial charge in [-0.3, -0.25) is 4.79 Å². The fourth-order valence-electron chi connectivity index (χ4n) is 1.47. The van der Waals surface area contributed by atoms with Crippen molar-refractivity contribution in [1.29, 1.82) is 0 Å². The minimum atomic E-state index is -0.178. The summed E-state index contributed by atoms with van der Waals surface area (Å²) in [5.41, 5.74) is 6.13. The molecular formula is C10H17N5O2S. The number of rotatable bonds is 6. The summed E-state index contributed by atoms with van der Waals surface area (Å²) in [6, 6.07) is 0. The molecule has 0 radical (unpaired) electrons. The Morgan fingerprint density at radius 2 is 2.28 bits per heavy atom. The van der Waals surface area contributed by atoms with E-state index < -0.39 is 0 Å². The molecule has 18 heavy (non-hydrogen) atoms. The van der Waals surface area contributed by atoms with E-state index >= 15 is 0 Å². The molecule has 7 nitrogen and oxygen atoms in total. The summed E-state index contributed by atoms with van der Waals surface area (Å²) in [5, 5.41) is 15.4. The first-order valence-corrected chi connectivity index (χ1v) is 6.48. The molecule has 0 saturated carbocycles. The van der Waals surface area contributed by atoms with Crippen molar-refractivity contribution < 1.29 is 10.0 Å². The number of oxime groups is 1. The minimum Gasteiger partial charge on any atom is -0.409 e. The highest BCUT2D eigenvalue weighted by molar-refractivity contribution is 7.08. The maximum atomic E-state index is 12.2. The van der Waals surface area contributed by atoms with Crippen LogP contribution in [0.25, 0.3) is 0 Å². The van der Waals surface area contributed by atoms with Gasteiger partial charge in [0.25, 0.3) is 5.91 Å². The minimum absolute atomic E-state index is 0.000263. The van der Waals surface area contributed by atoms with Crippen LogP contribution in [0.15, 0.2) is 5.16 Å². The van der Waals surface area contributed by atoms with Crippen LogP contribution in [0.4, 0.5) is 0 Å². The Bertz CT molecular complexity index is 432. The zero-order valence-electron chi connectivity index (χ0n) is 10.5. The van der Waals surface area contributed by atoms with Crippen LogP contribution in [0.3, 0.4) is 0 Å². The first-order chi connectivity index (χ1) is 8.63. The van der Waals surface area contributed by atoms with E-state index in [-0.39, 0.29) is 18.3 Å². The summed E-state index contributed by atoms with van der Waals surface area (Å²) in [7, 11) is 0. The maximum absolute atomic E-state index is 12.2. The van der Waals surface area contributed by atoms with Gasteiger partial charge >= 0.3 is 0 Å². The van der Waals surface area contributed by atoms with Crippen molar-refractivity contribution in [2.45, 2.75) is 26.7 Å². The highest BCUT2D eigenvalue weighted by atomic mass is 32.1. The van der Waals surface area contributed by atoms with Crippen LogP contribution >= 0.6 is 11.5 Å². The number of aromatic nitrogens is 2. The third-order valence-electron chi connectivity index (χ3n) is 2.39. The molecule has 8 heteroatoms. The van der Waals surface area contributed by atoms with E-state index in [0.29, 0.717) is 17.1 Å². The van der Waals surface area contributed by atoms with Gasteiger partial charge in [0.15, 0.2) is 5.84 Å². The Morgan fingerprint density at radius 3 is 2.83 bits per heavy atom. The van der Waals surface area contributed by atoms with Gasteiger partial charge < -0.3 is 15.8 Å². The number of carbonyl (C=O) groups is 1. The molecule has 3 N–H and O–H groups in total. The highest BCUT2D eigenvalue weighted by Crippen LogP contribution is 2.15. The lowest BCUT2D eigenvalue weighted by molar-refractivity contribution is 0.0789. The number of nitrogens with two attached hydrogens (primary N) is 1. The van der Waals surface area contributed by atoms with E-state index in [9.17, 15) is 4.79 Å². The molecule has 0 aliphatic carbocycles. The zero-order chi connectivity index (χ0) is 13.5. The van der Waals surface area contributed by atoms with Gasteiger partial charge in [-0.05, 0) is 24.9 Å². The van der Waals surface area contributed by atoms with E-state index in [1.807, 2.05) is 13.8 Å². The molecule has 0 unspecified atom stereocenters. The van der Waals surface area contributed by atoms with E-state index in [2.05, 4.69) is 14.7 Å². The second-order valence-electron chi connectivity index (χ2n) is 3.71. The molecule has 1 heterocycles. The number of hydrogen-bond donors (Lipinski definition) is 2. The fourth-order valence-corrected chi connectivity index (χ4v) is 2.15. The molecule has 100 valence electrons. The van der Waals surface area contributed by atoms with Crippen molar-refractivity contribution in [2.24, 2.45) is 10.9 Å². The zero-order valence-corrected chi connectivity index (χ0v) is 11.3. The molecule has 0 saturated heterocycles. The summed E-state index contributed by atoms with van der Waals surface area (Å²) < 4.78 is 3.81. The van der Waals surface area contributed by atoms with Gasteiger partial charge in [-0.15, -0.1) is 5.10 Å². The van der Waals surface area contributed by atoms with Crippen LogP contribution < -0.4 is 5.73 Å². The third-order valence-corrected chi connectivity index (χ3v) is 3.14. The van der Waals surface area contributed by atoms with Gasteiger partial charge in [0.1, 0.15) is 4.88 Å². The van der Waals surface area contributed by atoms with E-state index in [1.54, 1.807) is 0 Å². The monoisotopic (exact) mass is 271 g/mol. The summed E-state index contributed by atoms with van der Waals surface area (Å²) in [5.74, 6) is -0.178. The summed E-state index contributed by atoms with van der Waals surface area (Å²) >= 11 is 1.08. The van der Waals surface area contributed by atoms with Crippen molar-refractivity contribution in [3.05, 3.63) is 10.6 Å². The summed E-state index contributed by atoms with van der Waals surface area (Å²) in [6.07, 6.45) is 1.62. The normalized spacial score (nSPS) is 11.6. The Kier molecular flexibility index (Phi) is 5.50. The van der Waals surface area contributed by atoms with E-state index in [0.717, 1.165) is 24.4 Å². The fraction of sp³-hybridized carbons (Fsp3) is 0.600. The van der Waals surface area contributed by atoms with Crippen LogP contribution in [-0.4, -0.2) is 44.5 Å². The summed E-state index contributed by atoms with van der Waals surface area (Å²) in [4.78, 5) is 14.3. The van der Waals surface area contributed by atoms with Crippen LogP contribution in [0.5, 0.6) is 0 Å². The third kappa shape index (κ3) is 3.39. The molecule has 0 fully saturated rings. The Morgan fingerprint density at radius 1 is 1.56 bits per heavy atom. The van der Waals surface area contributed by atoms with Crippen molar-refractivity contribution in [3.63, 3.8) is 0 Å². The number of hydrogen-bond acceptors (Lipinski definition) is 6. The molecule has 0 atom stereocenters. The average molecular weight is 271 g/mol. The SMILES string of the molecule is CCCc1nnsc1C(=O)N(CC)CC(N)=NO. The second-order valence-corrected chi connectivity index (χ2v) is 4.46. The average Bonchev–Trinajstić information content (AvgIpc) is 2.83. The lowest BCUT2D eigenvalue weighted by Crippen LogP contribution is -2.38. The predicted octanol–water partition coefficient (Wildman–Crippen LogP) is 0.699. The molecule has 0 aromatic carbocycles. The van der Waals surface area contributed by atoms with Crippen molar-refractivity contribution in [2.75, 3.05) is 13.1 Å². The highest BCUT2D eigenvalue weighted by Gasteiger charge is 2.21. The predicted molar refractivity (Wildman–Crippen MR) is 68.9 cm³/mol. The van der Waals surface area contributed by atoms with Crippen molar-refractivity contribution in [1.82, 2.24) is 14.5 Å². The van der Waals surface area contributed by atoms with E-state index in [1.165, 1.54) is 4.90 Å². The van der Waals surface area contributed by atoms with Crippen molar-refractivity contribution >= 4 is 23.3 Å². The number of nitrogens with zero attached hydrogens (tertiary/aromatic N) is 4. The molecule has 1 aromatic rings. The molecule has 0 spiro atoms. The smallest absolute Gasteiger partial charge is 0.267 e. The van der Waals surface area contributed by atoms with Crippen LogP contribution in [-0.2, 0) is 6.42 Å². The number of carbonyl (C=O) groups excluding carboxylic acids is 1. The maximum Gasteiger partial charge on any atom is 0.267 e. The number of amidine groups is 1. The van der Waals surface area contributed by atoms with Gasteiger partial charge in [0, 0.05) is 6.54 Å². The van der Waals surface area contributed by atoms with Gasteiger partial charge in [0.05, 0.1) is 12.2 Å². The molecule has 1 amide bonds. The molecule has 0 bridgehead atoms. The lowest BCUT2D eigenvalue weighted by Gasteiger charge is -2.19. The van der Waals surface area contributed by atoms with Gasteiger partial charge in [-0.1, -0.05) is 23.0 Å². The largest absolute Gasteiger partial charge is 0.409 e. The van der Waals surface area contributed by atoms with Gasteiger partial charge in [0.2, 0.25) is 0 Å². The Balaban J connectivity index is 2.86. The van der Waals surface area contributed by atoms with Gasteiger partial charge in [-0.2, -0.15) is 0 Å². The van der Waals surface area contributed by atoms with E-state index in [4.69, 9.17) is 10.9 Å². The quantitative estimate of drug-likeness (QED) is 0.343. The Labute approximate surface area is 109 Å². The molecule has 0 aliphatic heterocycles. The molecule has 1 rings (SSSR count). The number of amides is 1. The van der Waals surface area contributed by atoms with Crippen LogP contribution in [0.1, 0.15) is 35.6 Å². The second kappa shape index (κ2) is 6.90. The summed E-state index contributed by atoms with van der Waals surface area (Å²) in [6.45, 7) is 4.41. The lowest BCUT2D eigenvalue weighted by atomic mass is 10.2. The Hall–Kier alpha value is -1.70. The number of aryl methyl sites for hydroxylation is 1.